The number of carbonyl (C=O) groups excluding carboxylic acids is 2. The van der Waals surface area contributed by atoms with E-state index in [9.17, 15) is 14.7 Å². The molecule has 4 N–H and O–H groups in total. The van der Waals surface area contributed by atoms with Gasteiger partial charge in [-0.05, 0) is 55.2 Å². The van der Waals surface area contributed by atoms with Gasteiger partial charge in [0.25, 0.3) is 0 Å². The lowest BCUT2D eigenvalue weighted by molar-refractivity contribution is -0.122. The molecule has 0 saturated carbocycles. The molecular formula is C21H18N2O4. The topological polar surface area (TPSA) is 102 Å². The molecule has 0 radical (unpaired) electrons. The SMILES string of the molecule is CC(O)C(NC(=O)Oc1ccc(C#CC#Cc2ccccc2)cc1)C(N)=O. The van der Waals surface area contributed by atoms with E-state index in [4.69, 9.17) is 10.5 Å². The predicted octanol–water partition coefficient (Wildman–Crippen LogP) is 1.41. The van der Waals surface area contributed by atoms with Gasteiger partial charge in [-0.1, -0.05) is 30.0 Å². The summed E-state index contributed by atoms with van der Waals surface area (Å²) in [5.74, 6) is 10.7. The van der Waals surface area contributed by atoms with E-state index >= 15 is 0 Å². The van der Waals surface area contributed by atoms with Crippen LogP contribution in [-0.4, -0.2) is 29.3 Å². The molecule has 2 aromatic rings. The van der Waals surface area contributed by atoms with Crippen molar-refractivity contribution < 1.29 is 19.4 Å². The van der Waals surface area contributed by atoms with Crippen LogP contribution < -0.4 is 15.8 Å². The van der Waals surface area contributed by atoms with E-state index in [-0.39, 0.29) is 5.75 Å². The van der Waals surface area contributed by atoms with Gasteiger partial charge in [0.05, 0.1) is 6.10 Å². The Hall–Kier alpha value is -3.74. The van der Waals surface area contributed by atoms with Crippen molar-refractivity contribution in [3.63, 3.8) is 0 Å². The van der Waals surface area contributed by atoms with Crippen LogP contribution in [0.15, 0.2) is 54.6 Å². The number of nitrogens with one attached hydrogen (secondary N) is 1. The fraction of sp³-hybridized carbons (Fsp3) is 0.143. The van der Waals surface area contributed by atoms with Crippen molar-refractivity contribution in [2.45, 2.75) is 19.1 Å². The number of nitrogens with two attached hydrogens (primary N) is 1. The second-order valence-electron chi connectivity index (χ2n) is 5.54. The summed E-state index contributed by atoms with van der Waals surface area (Å²) >= 11 is 0. The number of carbonyl (C=O) groups is 2. The van der Waals surface area contributed by atoms with Gasteiger partial charge in [0.2, 0.25) is 5.91 Å². The van der Waals surface area contributed by atoms with Crippen molar-refractivity contribution in [3.8, 4) is 29.4 Å². The van der Waals surface area contributed by atoms with E-state index in [1.165, 1.54) is 6.92 Å². The Bertz CT molecular complexity index is 914. The molecule has 0 aliphatic rings. The largest absolute Gasteiger partial charge is 0.413 e. The summed E-state index contributed by atoms with van der Waals surface area (Å²) in [5, 5.41) is 11.6. The monoisotopic (exact) mass is 362 g/mol. The lowest BCUT2D eigenvalue weighted by atomic mass is 10.2. The van der Waals surface area contributed by atoms with Gasteiger partial charge in [-0.3, -0.25) is 4.79 Å². The number of aliphatic hydroxyl groups excluding tert-OH is 1. The maximum absolute atomic E-state index is 11.8. The van der Waals surface area contributed by atoms with E-state index < -0.39 is 24.1 Å². The zero-order chi connectivity index (χ0) is 19.6. The van der Waals surface area contributed by atoms with Crippen LogP contribution in [0, 0.1) is 23.7 Å². The molecule has 2 unspecified atom stereocenters. The first-order valence-electron chi connectivity index (χ1n) is 8.08. The van der Waals surface area contributed by atoms with Crippen LogP contribution >= 0.6 is 0 Å². The molecule has 0 aliphatic carbocycles. The molecule has 0 heterocycles. The van der Waals surface area contributed by atoms with Crippen LogP contribution in [0.3, 0.4) is 0 Å². The number of aliphatic hydroxyl groups is 1. The first-order valence-corrected chi connectivity index (χ1v) is 8.08. The summed E-state index contributed by atoms with van der Waals surface area (Å²) in [6.07, 6.45) is -2.03. The van der Waals surface area contributed by atoms with Gasteiger partial charge < -0.3 is 20.9 Å². The van der Waals surface area contributed by atoms with Crippen LogP contribution in [-0.2, 0) is 4.79 Å². The number of hydrogen-bond donors (Lipinski definition) is 3. The average molecular weight is 362 g/mol. The number of rotatable bonds is 4. The van der Waals surface area contributed by atoms with Gasteiger partial charge in [0, 0.05) is 11.1 Å². The summed E-state index contributed by atoms with van der Waals surface area (Å²) in [4.78, 5) is 22.9. The van der Waals surface area contributed by atoms with Gasteiger partial charge in [0.15, 0.2) is 0 Å². The fourth-order valence-corrected chi connectivity index (χ4v) is 2.03. The average Bonchev–Trinajstić information content (AvgIpc) is 2.65. The lowest BCUT2D eigenvalue weighted by Crippen LogP contribution is -2.51. The molecule has 0 spiro atoms. The predicted molar refractivity (Wildman–Crippen MR) is 100 cm³/mol. The van der Waals surface area contributed by atoms with Crippen LogP contribution in [0.1, 0.15) is 18.1 Å². The highest BCUT2D eigenvalue weighted by Gasteiger charge is 2.23. The van der Waals surface area contributed by atoms with Gasteiger partial charge >= 0.3 is 6.09 Å². The Morgan fingerprint density at radius 2 is 1.56 bits per heavy atom. The van der Waals surface area contributed by atoms with Crippen LogP contribution in [0.2, 0.25) is 0 Å². The molecule has 0 fully saturated rings. The molecule has 0 aromatic heterocycles. The summed E-state index contributed by atoms with van der Waals surface area (Å²) in [6, 6.07) is 14.7. The van der Waals surface area contributed by atoms with E-state index in [2.05, 4.69) is 29.0 Å². The highest BCUT2D eigenvalue weighted by molar-refractivity contribution is 5.85. The minimum Gasteiger partial charge on any atom is -0.410 e. The van der Waals surface area contributed by atoms with Crippen molar-refractivity contribution in [3.05, 3.63) is 65.7 Å². The fourth-order valence-electron chi connectivity index (χ4n) is 2.03. The Labute approximate surface area is 157 Å². The second kappa shape index (κ2) is 9.67. The molecule has 0 aliphatic heterocycles. The zero-order valence-corrected chi connectivity index (χ0v) is 14.6. The molecule has 136 valence electrons. The Kier molecular flexibility index (Phi) is 7.01. The lowest BCUT2D eigenvalue weighted by Gasteiger charge is -2.17. The van der Waals surface area contributed by atoms with Crippen molar-refractivity contribution >= 4 is 12.0 Å². The molecule has 2 aromatic carbocycles. The number of benzene rings is 2. The van der Waals surface area contributed by atoms with E-state index in [1.807, 2.05) is 30.3 Å². The Morgan fingerprint density at radius 1 is 1.00 bits per heavy atom. The summed E-state index contributed by atoms with van der Waals surface area (Å²) in [7, 11) is 0. The van der Waals surface area contributed by atoms with Crippen molar-refractivity contribution in [2.75, 3.05) is 0 Å². The number of ether oxygens (including phenoxy) is 1. The van der Waals surface area contributed by atoms with Crippen LogP contribution in [0.25, 0.3) is 0 Å². The molecule has 2 amide bonds. The molecule has 6 heteroatoms. The normalized spacial score (nSPS) is 11.6. The number of amides is 2. The standard InChI is InChI=1S/C21H18N2O4/c1-15(24)19(20(22)25)23-21(26)27-18-13-11-17(12-14-18)10-6-5-9-16-7-3-2-4-8-16/h2-4,7-8,11-15,19,24H,1H3,(H2,22,25)(H,23,26). The van der Waals surface area contributed by atoms with Crippen molar-refractivity contribution in [1.29, 1.82) is 0 Å². The van der Waals surface area contributed by atoms with Crippen molar-refractivity contribution in [2.24, 2.45) is 5.73 Å². The third kappa shape index (κ3) is 6.58. The molecule has 2 rings (SSSR count). The maximum Gasteiger partial charge on any atom is 0.413 e. The summed E-state index contributed by atoms with van der Waals surface area (Å²) in [5.41, 5.74) is 6.68. The highest BCUT2D eigenvalue weighted by Crippen LogP contribution is 2.12. The van der Waals surface area contributed by atoms with Crippen molar-refractivity contribution in [1.82, 2.24) is 5.32 Å². The first kappa shape index (κ1) is 19.6. The summed E-state index contributed by atoms with van der Waals surface area (Å²) in [6.45, 7) is 1.34. The third-order valence-electron chi connectivity index (χ3n) is 3.38. The second-order valence-corrected chi connectivity index (χ2v) is 5.54. The third-order valence-corrected chi connectivity index (χ3v) is 3.38. The molecular weight excluding hydrogens is 344 g/mol. The number of hydrogen-bond acceptors (Lipinski definition) is 4. The van der Waals surface area contributed by atoms with E-state index in [1.54, 1.807) is 24.3 Å². The van der Waals surface area contributed by atoms with E-state index in [0.717, 1.165) is 5.56 Å². The van der Waals surface area contributed by atoms with Gasteiger partial charge in [-0.15, -0.1) is 0 Å². The zero-order valence-electron chi connectivity index (χ0n) is 14.6. The first-order chi connectivity index (χ1) is 13.0. The van der Waals surface area contributed by atoms with Gasteiger partial charge in [0.1, 0.15) is 11.8 Å². The molecule has 2 atom stereocenters. The smallest absolute Gasteiger partial charge is 0.410 e. The minimum absolute atomic E-state index is 0.252. The molecule has 0 saturated heterocycles. The Balaban J connectivity index is 1.94. The summed E-state index contributed by atoms with van der Waals surface area (Å²) < 4.78 is 5.04. The van der Waals surface area contributed by atoms with E-state index in [0.29, 0.717) is 5.56 Å². The van der Waals surface area contributed by atoms with Crippen LogP contribution in [0.4, 0.5) is 4.79 Å². The number of primary amides is 1. The highest BCUT2D eigenvalue weighted by atomic mass is 16.6. The minimum atomic E-state index is -1.23. The molecule has 6 nitrogen and oxygen atoms in total. The Morgan fingerprint density at radius 3 is 2.07 bits per heavy atom. The molecule has 0 bridgehead atoms. The maximum atomic E-state index is 11.8. The van der Waals surface area contributed by atoms with Gasteiger partial charge in [-0.25, -0.2) is 4.79 Å². The quantitative estimate of drug-likeness (QED) is 0.716. The van der Waals surface area contributed by atoms with Gasteiger partial charge in [-0.2, -0.15) is 0 Å². The van der Waals surface area contributed by atoms with Crippen LogP contribution in [0.5, 0.6) is 5.75 Å². The molecule has 27 heavy (non-hydrogen) atoms.